The maximum absolute atomic E-state index is 13.4. The molecule has 0 aliphatic heterocycles. The molecule has 0 radical (unpaired) electrons. The van der Waals surface area contributed by atoms with E-state index in [1.165, 1.54) is 12.3 Å². The third-order valence-corrected chi connectivity index (χ3v) is 2.92. The van der Waals surface area contributed by atoms with E-state index >= 15 is 0 Å². The van der Waals surface area contributed by atoms with Gasteiger partial charge in [0, 0.05) is 37.6 Å². The van der Waals surface area contributed by atoms with E-state index in [4.69, 9.17) is 0 Å². The Morgan fingerprint density at radius 1 is 1.26 bits per heavy atom. The number of nitrogens with zero attached hydrogens (tertiary/aromatic N) is 3. The minimum atomic E-state index is -0.643. The lowest BCUT2D eigenvalue weighted by Crippen LogP contribution is -2.29. The summed E-state index contributed by atoms with van der Waals surface area (Å²) in [7, 11) is 0. The second-order valence-electron chi connectivity index (χ2n) is 4.79. The quantitative estimate of drug-likeness (QED) is 0.672. The van der Waals surface area contributed by atoms with E-state index in [0.29, 0.717) is 19.0 Å². The number of rotatable bonds is 7. The van der Waals surface area contributed by atoms with Gasteiger partial charge in [-0.15, -0.1) is 0 Å². The topological polar surface area (TPSA) is 91.8 Å². The zero-order valence-electron chi connectivity index (χ0n) is 13.1. The molecular weight excluding hydrogens is 299 g/mol. The van der Waals surface area contributed by atoms with Gasteiger partial charge in [0.2, 0.25) is 5.95 Å². The van der Waals surface area contributed by atoms with Crippen LogP contribution in [0.15, 0.2) is 24.5 Å². The standard InChI is InChI=1S/C15H19FN6O/c1-3-18-13-8-10(2)21-15(22-13)20-7-6-19-14(23)11-4-5-17-9-12(11)16/h4-5,8-9H,3,6-7H2,1-2H3,(H,19,23)(H2,18,20,21,22). The minimum absolute atomic E-state index is 0.0266. The average Bonchev–Trinajstić information content (AvgIpc) is 2.51. The molecule has 0 aliphatic carbocycles. The number of hydrogen-bond acceptors (Lipinski definition) is 6. The normalized spacial score (nSPS) is 10.2. The summed E-state index contributed by atoms with van der Waals surface area (Å²) in [6, 6.07) is 3.19. The molecule has 1 amide bonds. The van der Waals surface area contributed by atoms with Crippen LogP contribution in [0, 0.1) is 12.7 Å². The van der Waals surface area contributed by atoms with Crippen LogP contribution in [0.25, 0.3) is 0 Å². The fourth-order valence-corrected chi connectivity index (χ4v) is 1.92. The molecule has 23 heavy (non-hydrogen) atoms. The van der Waals surface area contributed by atoms with Gasteiger partial charge in [0.05, 0.1) is 11.8 Å². The first-order chi connectivity index (χ1) is 11.1. The number of nitrogens with one attached hydrogen (secondary N) is 3. The molecule has 0 bridgehead atoms. The Hall–Kier alpha value is -2.77. The second-order valence-corrected chi connectivity index (χ2v) is 4.79. The molecule has 0 aromatic carbocycles. The number of amides is 1. The highest BCUT2D eigenvalue weighted by atomic mass is 19.1. The van der Waals surface area contributed by atoms with Crippen LogP contribution in [0.2, 0.25) is 0 Å². The van der Waals surface area contributed by atoms with Gasteiger partial charge in [-0.05, 0) is 19.9 Å². The molecule has 7 nitrogen and oxygen atoms in total. The molecule has 2 aromatic rings. The first-order valence-corrected chi connectivity index (χ1v) is 7.31. The Bertz CT molecular complexity index is 679. The first-order valence-electron chi connectivity index (χ1n) is 7.31. The van der Waals surface area contributed by atoms with Gasteiger partial charge in [0.1, 0.15) is 5.82 Å². The average molecular weight is 318 g/mol. The summed E-state index contributed by atoms with van der Waals surface area (Å²) in [5, 5.41) is 8.76. The van der Waals surface area contributed by atoms with Crippen LogP contribution < -0.4 is 16.0 Å². The van der Waals surface area contributed by atoms with E-state index in [9.17, 15) is 9.18 Å². The molecule has 0 saturated carbocycles. The Labute approximate surface area is 133 Å². The van der Waals surface area contributed by atoms with Crippen molar-refractivity contribution in [2.24, 2.45) is 0 Å². The highest BCUT2D eigenvalue weighted by Gasteiger charge is 2.10. The van der Waals surface area contributed by atoms with Crippen molar-refractivity contribution >= 4 is 17.7 Å². The number of carbonyl (C=O) groups excluding carboxylic acids is 1. The van der Waals surface area contributed by atoms with Crippen LogP contribution in [0.5, 0.6) is 0 Å². The molecule has 122 valence electrons. The third-order valence-electron chi connectivity index (χ3n) is 2.92. The monoisotopic (exact) mass is 318 g/mol. The Morgan fingerprint density at radius 3 is 2.83 bits per heavy atom. The summed E-state index contributed by atoms with van der Waals surface area (Å²) in [5.74, 6) is 0.0936. The van der Waals surface area contributed by atoms with Crippen LogP contribution in [0.4, 0.5) is 16.2 Å². The molecule has 0 unspecified atom stereocenters. The number of halogens is 1. The molecule has 2 rings (SSSR count). The van der Waals surface area contributed by atoms with Gasteiger partial charge in [-0.1, -0.05) is 0 Å². The molecule has 0 saturated heterocycles. The van der Waals surface area contributed by atoms with Crippen molar-refractivity contribution in [3.05, 3.63) is 41.6 Å². The van der Waals surface area contributed by atoms with Crippen molar-refractivity contribution in [2.45, 2.75) is 13.8 Å². The van der Waals surface area contributed by atoms with E-state index in [1.807, 2.05) is 19.9 Å². The smallest absolute Gasteiger partial charge is 0.254 e. The van der Waals surface area contributed by atoms with E-state index in [2.05, 4.69) is 30.9 Å². The maximum Gasteiger partial charge on any atom is 0.254 e. The predicted octanol–water partition coefficient (Wildman–Crippen LogP) is 1.59. The van der Waals surface area contributed by atoms with Gasteiger partial charge in [-0.3, -0.25) is 9.78 Å². The van der Waals surface area contributed by atoms with E-state index in [1.54, 1.807) is 0 Å². The zero-order valence-corrected chi connectivity index (χ0v) is 13.1. The second kappa shape index (κ2) is 8.02. The van der Waals surface area contributed by atoms with E-state index in [-0.39, 0.29) is 5.56 Å². The van der Waals surface area contributed by atoms with Gasteiger partial charge in [-0.25, -0.2) is 9.37 Å². The highest BCUT2D eigenvalue weighted by molar-refractivity contribution is 5.94. The summed E-state index contributed by atoms with van der Waals surface area (Å²) in [5.41, 5.74) is 0.808. The molecule has 0 aliphatic rings. The molecule has 3 N–H and O–H groups in total. The Kier molecular flexibility index (Phi) is 5.79. The zero-order chi connectivity index (χ0) is 16.7. The van der Waals surface area contributed by atoms with Crippen molar-refractivity contribution in [1.29, 1.82) is 0 Å². The van der Waals surface area contributed by atoms with Crippen molar-refractivity contribution < 1.29 is 9.18 Å². The number of aromatic nitrogens is 3. The fraction of sp³-hybridized carbons (Fsp3) is 0.333. The van der Waals surface area contributed by atoms with Crippen LogP contribution >= 0.6 is 0 Å². The van der Waals surface area contributed by atoms with E-state index in [0.717, 1.165) is 24.3 Å². The van der Waals surface area contributed by atoms with Gasteiger partial charge >= 0.3 is 0 Å². The SMILES string of the molecule is CCNc1cc(C)nc(NCCNC(=O)c2ccncc2F)n1. The number of hydrogen-bond donors (Lipinski definition) is 3. The molecule has 2 heterocycles. The fourth-order valence-electron chi connectivity index (χ4n) is 1.92. The van der Waals surface area contributed by atoms with Crippen LogP contribution in [-0.4, -0.2) is 40.5 Å². The predicted molar refractivity (Wildman–Crippen MR) is 86.0 cm³/mol. The largest absolute Gasteiger partial charge is 0.370 e. The summed E-state index contributed by atoms with van der Waals surface area (Å²) in [6.45, 7) is 5.37. The van der Waals surface area contributed by atoms with Gasteiger partial charge in [-0.2, -0.15) is 4.98 Å². The molecule has 8 heteroatoms. The summed E-state index contributed by atoms with van der Waals surface area (Å²) in [4.78, 5) is 24.0. The molecular formula is C15H19FN6O. The highest BCUT2D eigenvalue weighted by Crippen LogP contribution is 2.09. The lowest BCUT2D eigenvalue weighted by molar-refractivity contribution is 0.0951. The molecule has 2 aromatic heterocycles. The lowest BCUT2D eigenvalue weighted by Gasteiger charge is -2.09. The Balaban J connectivity index is 1.84. The van der Waals surface area contributed by atoms with Gasteiger partial charge in [0.15, 0.2) is 5.82 Å². The molecule has 0 fully saturated rings. The Morgan fingerprint density at radius 2 is 2.09 bits per heavy atom. The van der Waals surface area contributed by atoms with Crippen LogP contribution in [0.3, 0.4) is 0 Å². The van der Waals surface area contributed by atoms with Gasteiger partial charge in [0.25, 0.3) is 5.91 Å². The van der Waals surface area contributed by atoms with Crippen LogP contribution in [0.1, 0.15) is 23.0 Å². The number of anilines is 2. The van der Waals surface area contributed by atoms with Crippen molar-refractivity contribution in [3.8, 4) is 0 Å². The molecule has 0 spiro atoms. The summed E-state index contributed by atoms with van der Waals surface area (Å²) < 4.78 is 13.4. The minimum Gasteiger partial charge on any atom is -0.370 e. The van der Waals surface area contributed by atoms with E-state index < -0.39 is 11.7 Å². The van der Waals surface area contributed by atoms with Gasteiger partial charge < -0.3 is 16.0 Å². The number of pyridine rings is 1. The van der Waals surface area contributed by atoms with Crippen molar-refractivity contribution in [3.63, 3.8) is 0 Å². The summed E-state index contributed by atoms with van der Waals surface area (Å²) in [6.07, 6.45) is 2.38. The van der Waals surface area contributed by atoms with Crippen molar-refractivity contribution in [2.75, 3.05) is 30.3 Å². The first kappa shape index (κ1) is 16.6. The third kappa shape index (κ3) is 4.87. The lowest BCUT2D eigenvalue weighted by atomic mass is 10.2. The number of aryl methyl sites for hydroxylation is 1. The molecule has 0 atom stereocenters. The number of carbonyl (C=O) groups is 1. The summed E-state index contributed by atoms with van der Waals surface area (Å²) >= 11 is 0. The van der Waals surface area contributed by atoms with Crippen molar-refractivity contribution in [1.82, 2.24) is 20.3 Å². The van der Waals surface area contributed by atoms with Crippen LogP contribution in [-0.2, 0) is 0 Å². The maximum atomic E-state index is 13.4.